The Morgan fingerprint density at radius 3 is 2.71 bits per heavy atom. The molecule has 0 bridgehead atoms. The van der Waals surface area contributed by atoms with Crippen LogP contribution in [0.5, 0.6) is 0 Å². The molecule has 2 aromatic rings. The molecule has 5 heteroatoms. The average molecular weight is 321 g/mol. The van der Waals surface area contributed by atoms with Crippen molar-refractivity contribution in [2.24, 2.45) is 0 Å². The van der Waals surface area contributed by atoms with E-state index in [1.807, 2.05) is 48.0 Å². The van der Waals surface area contributed by atoms with E-state index in [0.717, 1.165) is 11.1 Å². The normalized spacial score (nSPS) is 13.7. The average Bonchev–Trinajstić information content (AvgIpc) is 2.95. The van der Waals surface area contributed by atoms with Gasteiger partial charge in [-0.2, -0.15) is 11.8 Å². The zero-order chi connectivity index (χ0) is 15.3. The topological polar surface area (TPSA) is 49.3 Å². The number of carbonyl (C=O) groups excluding carboxylic acids is 1. The molecular weight excluding hydrogens is 302 g/mol. The molecular formula is C16H19NO2S2. The molecule has 1 amide bonds. The van der Waals surface area contributed by atoms with Gasteiger partial charge in [0.25, 0.3) is 5.91 Å². The predicted molar refractivity (Wildman–Crippen MR) is 91.1 cm³/mol. The van der Waals surface area contributed by atoms with Crippen molar-refractivity contribution in [1.82, 2.24) is 5.32 Å². The Bertz CT molecular complexity index is 593. The fourth-order valence-corrected chi connectivity index (χ4v) is 3.60. The van der Waals surface area contributed by atoms with Gasteiger partial charge in [0.05, 0.1) is 10.5 Å². The number of thiophene rings is 1. The molecule has 1 aromatic carbocycles. The van der Waals surface area contributed by atoms with Crippen molar-refractivity contribution in [1.29, 1.82) is 0 Å². The van der Waals surface area contributed by atoms with Crippen LogP contribution in [-0.4, -0.2) is 35.2 Å². The summed E-state index contributed by atoms with van der Waals surface area (Å²) >= 11 is 2.98. The van der Waals surface area contributed by atoms with Gasteiger partial charge in [0.2, 0.25) is 0 Å². The summed E-state index contributed by atoms with van der Waals surface area (Å²) in [4.78, 5) is 13.0. The first-order valence-corrected chi connectivity index (χ1v) is 8.93. The fraction of sp³-hybridized carbons (Fsp3) is 0.312. The monoisotopic (exact) mass is 321 g/mol. The molecule has 0 radical (unpaired) electrons. The Morgan fingerprint density at radius 1 is 1.33 bits per heavy atom. The number of hydrogen-bond acceptors (Lipinski definition) is 4. The Hall–Kier alpha value is -1.30. The van der Waals surface area contributed by atoms with Crippen molar-refractivity contribution in [2.45, 2.75) is 12.5 Å². The lowest BCUT2D eigenvalue weighted by atomic mass is 10.1. The molecule has 0 spiro atoms. The summed E-state index contributed by atoms with van der Waals surface area (Å²) < 4.78 is 0. The van der Waals surface area contributed by atoms with E-state index in [0.29, 0.717) is 10.6 Å². The second kappa shape index (κ2) is 7.11. The van der Waals surface area contributed by atoms with E-state index in [1.165, 1.54) is 11.3 Å². The quantitative estimate of drug-likeness (QED) is 0.858. The van der Waals surface area contributed by atoms with Crippen LogP contribution >= 0.6 is 23.1 Å². The molecule has 1 aromatic heterocycles. The largest absolute Gasteiger partial charge is 0.387 e. The van der Waals surface area contributed by atoms with E-state index in [2.05, 4.69) is 5.32 Å². The molecule has 2 rings (SSSR count). The minimum atomic E-state index is -0.890. The van der Waals surface area contributed by atoms with Crippen LogP contribution in [0.2, 0.25) is 0 Å². The van der Waals surface area contributed by atoms with E-state index < -0.39 is 5.60 Å². The molecule has 0 aliphatic carbocycles. The van der Waals surface area contributed by atoms with E-state index in [9.17, 15) is 9.90 Å². The molecule has 1 heterocycles. The number of carbonyl (C=O) groups is 1. The van der Waals surface area contributed by atoms with Gasteiger partial charge < -0.3 is 10.4 Å². The SMILES string of the molecule is CSCC(C)(O)CNC(=O)c1sccc1-c1ccccc1. The van der Waals surface area contributed by atoms with E-state index in [4.69, 9.17) is 0 Å². The van der Waals surface area contributed by atoms with Crippen LogP contribution in [0.1, 0.15) is 16.6 Å². The van der Waals surface area contributed by atoms with Gasteiger partial charge in [-0.15, -0.1) is 11.3 Å². The predicted octanol–water partition coefficient (Wildman–Crippen LogP) is 3.26. The van der Waals surface area contributed by atoms with Crippen molar-refractivity contribution in [2.75, 3.05) is 18.6 Å². The van der Waals surface area contributed by atoms with Crippen molar-refractivity contribution >= 4 is 29.0 Å². The summed E-state index contributed by atoms with van der Waals surface area (Å²) in [7, 11) is 0. The molecule has 1 atom stereocenters. The first kappa shape index (κ1) is 16.1. The van der Waals surface area contributed by atoms with Crippen molar-refractivity contribution < 1.29 is 9.90 Å². The van der Waals surface area contributed by atoms with Crippen LogP contribution in [0.3, 0.4) is 0 Å². The summed E-state index contributed by atoms with van der Waals surface area (Å²) in [5.41, 5.74) is 1.07. The Kier molecular flexibility index (Phi) is 5.45. The number of amides is 1. The maximum atomic E-state index is 12.3. The summed E-state index contributed by atoms with van der Waals surface area (Å²) in [5.74, 6) is 0.453. The first-order chi connectivity index (χ1) is 10.0. The maximum Gasteiger partial charge on any atom is 0.262 e. The lowest BCUT2D eigenvalue weighted by Crippen LogP contribution is -2.42. The Balaban J connectivity index is 2.10. The second-order valence-electron chi connectivity index (χ2n) is 5.14. The molecule has 0 aliphatic rings. The Labute approximate surface area is 133 Å². The highest BCUT2D eigenvalue weighted by Crippen LogP contribution is 2.28. The molecule has 0 aliphatic heterocycles. The highest BCUT2D eigenvalue weighted by atomic mass is 32.2. The van der Waals surface area contributed by atoms with Gasteiger partial charge in [0, 0.05) is 17.9 Å². The maximum absolute atomic E-state index is 12.3. The zero-order valence-corrected chi connectivity index (χ0v) is 13.8. The van der Waals surface area contributed by atoms with E-state index in [1.54, 1.807) is 18.7 Å². The zero-order valence-electron chi connectivity index (χ0n) is 12.1. The number of hydrogen-bond donors (Lipinski definition) is 2. The fourth-order valence-electron chi connectivity index (χ4n) is 2.04. The van der Waals surface area contributed by atoms with Crippen molar-refractivity contribution in [3.05, 3.63) is 46.7 Å². The van der Waals surface area contributed by atoms with Gasteiger partial charge in [0.15, 0.2) is 0 Å². The highest BCUT2D eigenvalue weighted by Gasteiger charge is 2.22. The minimum absolute atomic E-state index is 0.134. The highest BCUT2D eigenvalue weighted by molar-refractivity contribution is 7.98. The first-order valence-electron chi connectivity index (χ1n) is 6.66. The van der Waals surface area contributed by atoms with E-state index in [-0.39, 0.29) is 12.5 Å². The summed E-state index contributed by atoms with van der Waals surface area (Å²) in [6.07, 6.45) is 1.93. The number of thioether (sulfide) groups is 1. The number of rotatable bonds is 6. The number of aliphatic hydroxyl groups is 1. The van der Waals surface area contributed by atoms with Gasteiger partial charge in [0.1, 0.15) is 0 Å². The molecule has 0 saturated heterocycles. The van der Waals surface area contributed by atoms with Gasteiger partial charge >= 0.3 is 0 Å². The third-order valence-corrected chi connectivity index (χ3v) is 4.87. The molecule has 21 heavy (non-hydrogen) atoms. The molecule has 112 valence electrons. The summed E-state index contributed by atoms with van der Waals surface area (Å²) in [5, 5.41) is 14.9. The lowest BCUT2D eigenvalue weighted by molar-refractivity contribution is 0.0727. The molecule has 2 N–H and O–H groups in total. The Morgan fingerprint density at radius 2 is 2.05 bits per heavy atom. The number of benzene rings is 1. The van der Waals surface area contributed by atoms with Crippen LogP contribution < -0.4 is 5.32 Å². The standard InChI is InChI=1S/C16H19NO2S2/c1-16(19,11-20-2)10-17-15(18)14-13(8-9-21-14)12-6-4-3-5-7-12/h3-9,19H,10-11H2,1-2H3,(H,17,18). The van der Waals surface area contributed by atoms with E-state index >= 15 is 0 Å². The summed E-state index contributed by atoms with van der Waals surface area (Å²) in [6, 6.07) is 11.8. The molecule has 0 saturated carbocycles. The third-order valence-electron chi connectivity index (χ3n) is 3.04. The van der Waals surface area contributed by atoms with Gasteiger partial charge in [-0.1, -0.05) is 30.3 Å². The van der Waals surface area contributed by atoms with Crippen LogP contribution in [0.25, 0.3) is 11.1 Å². The van der Waals surface area contributed by atoms with Crippen molar-refractivity contribution in [3.63, 3.8) is 0 Å². The van der Waals surface area contributed by atoms with Crippen LogP contribution in [0.4, 0.5) is 0 Å². The molecule has 3 nitrogen and oxygen atoms in total. The van der Waals surface area contributed by atoms with Crippen LogP contribution in [0.15, 0.2) is 41.8 Å². The van der Waals surface area contributed by atoms with Crippen LogP contribution in [-0.2, 0) is 0 Å². The molecule has 0 fully saturated rings. The van der Waals surface area contributed by atoms with Crippen LogP contribution in [0, 0.1) is 0 Å². The smallest absolute Gasteiger partial charge is 0.262 e. The number of nitrogens with one attached hydrogen (secondary N) is 1. The minimum Gasteiger partial charge on any atom is -0.387 e. The third kappa shape index (κ3) is 4.33. The summed E-state index contributed by atoms with van der Waals surface area (Å²) in [6.45, 7) is 1.98. The molecule has 1 unspecified atom stereocenters. The van der Waals surface area contributed by atoms with Gasteiger partial charge in [-0.05, 0) is 30.2 Å². The second-order valence-corrected chi connectivity index (χ2v) is 6.92. The lowest BCUT2D eigenvalue weighted by Gasteiger charge is -2.22. The van der Waals surface area contributed by atoms with Crippen molar-refractivity contribution in [3.8, 4) is 11.1 Å². The van der Waals surface area contributed by atoms with Gasteiger partial charge in [-0.3, -0.25) is 4.79 Å². The van der Waals surface area contributed by atoms with Gasteiger partial charge in [-0.25, -0.2) is 0 Å².